The largest absolute Gasteiger partial charge is 0.300 e. The lowest BCUT2D eigenvalue weighted by molar-refractivity contribution is -0.113. The van der Waals surface area contributed by atoms with Gasteiger partial charge >= 0.3 is 0 Å². The van der Waals surface area contributed by atoms with Crippen LogP contribution in [0.5, 0.6) is 0 Å². The van der Waals surface area contributed by atoms with Crippen molar-refractivity contribution in [3.05, 3.63) is 34.9 Å². The summed E-state index contributed by atoms with van der Waals surface area (Å²) in [6.45, 7) is 2.10. The van der Waals surface area contributed by atoms with E-state index in [1.807, 2.05) is 12.1 Å². The number of H-pyrrole nitrogens is 1. The Morgan fingerprint density at radius 3 is 2.93 bits per heavy atom. The zero-order chi connectivity index (χ0) is 20.5. The minimum atomic E-state index is -0.196. The number of nitrogens with zero attached hydrogens (tertiary/aromatic N) is 5. The molecule has 3 rings (SSSR count). The van der Waals surface area contributed by atoms with Gasteiger partial charge in [-0.3, -0.25) is 10.1 Å². The third kappa shape index (κ3) is 7.31. The lowest BCUT2D eigenvalue weighted by Gasteiger charge is -1.98. The molecule has 152 valence electrons. The highest BCUT2D eigenvalue weighted by Gasteiger charge is 2.11. The van der Waals surface area contributed by atoms with Gasteiger partial charge in [0.15, 0.2) is 4.34 Å². The number of thioether (sulfide) groups is 2. The zero-order valence-corrected chi connectivity index (χ0v) is 18.5. The molecule has 0 spiro atoms. The molecule has 0 aliphatic carbocycles. The number of carbonyl (C=O) groups is 1. The molecular weight excluding hydrogens is 452 g/mol. The predicted molar refractivity (Wildman–Crippen MR) is 119 cm³/mol. The van der Waals surface area contributed by atoms with E-state index in [1.54, 1.807) is 30.1 Å². The Bertz CT molecular complexity index is 959. The highest BCUT2D eigenvalue weighted by molar-refractivity contribution is 8.01. The summed E-state index contributed by atoms with van der Waals surface area (Å²) >= 11 is 10.0. The molecule has 2 aromatic heterocycles. The van der Waals surface area contributed by atoms with Gasteiger partial charge < -0.3 is 0 Å². The van der Waals surface area contributed by atoms with Crippen LogP contribution < -0.4 is 10.7 Å². The van der Waals surface area contributed by atoms with Crippen molar-refractivity contribution < 1.29 is 4.79 Å². The molecule has 3 aromatic rings. The number of halogens is 1. The highest BCUT2D eigenvalue weighted by atomic mass is 35.5. The summed E-state index contributed by atoms with van der Waals surface area (Å²) < 4.78 is 0.846. The standard InChI is InChI=1S/C16H17ClN8OS3/c1-2-7-27-16-25-24-15(29-16)19-12(26)9-28-14-20-13(22-23-14)21-18-8-10-3-5-11(17)6-4-10/h3-6,8H,2,7,9H2,1H3,(H,19,24,26)(H2,20,21,22,23)/b18-8-. The Balaban J connectivity index is 1.42. The zero-order valence-electron chi connectivity index (χ0n) is 15.3. The molecule has 29 heavy (non-hydrogen) atoms. The molecule has 0 bridgehead atoms. The number of amides is 1. The first-order valence-electron chi connectivity index (χ1n) is 8.48. The maximum absolute atomic E-state index is 12.1. The van der Waals surface area contributed by atoms with E-state index in [4.69, 9.17) is 11.6 Å². The van der Waals surface area contributed by atoms with E-state index in [0.717, 1.165) is 22.1 Å². The van der Waals surface area contributed by atoms with Gasteiger partial charge in [0.05, 0.1) is 12.0 Å². The molecule has 0 saturated carbocycles. The SMILES string of the molecule is CCCSc1nnc(NC(=O)CSc2n[nH]c(N/N=C\c3ccc(Cl)cc3)n2)s1. The Labute approximate surface area is 184 Å². The van der Waals surface area contributed by atoms with E-state index >= 15 is 0 Å². The van der Waals surface area contributed by atoms with E-state index in [-0.39, 0.29) is 11.7 Å². The number of aromatic amines is 1. The van der Waals surface area contributed by atoms with Crippen LogP contribution in [0.15, 0.2) is 38.9 Å². The Kier molecular flexibility index (Phi) is 8.28. The molecule has 0 saturated heterocycles. The third-order valence-corrected chi connectivity index (χ3v) is 6.41. The van der Waals surface area contributed by atoms with Gasteiger partial charge in [0, 0.05) is 10.8 Å². The van der Waals surface area contributed by atoms with E-state index < -0.39 is 0 Å². The summed E-state index contributed by atoms with van der Waals surface area (Å²) in [5.41, 5.74) is 3.64. The van der Waals surface area contributed by atoms with Crippen LogP contribution in [0.1, 0.15) is 18.9 Å². The molecule has 0 radical (unpaired) electrons. The van der Waals surface area contributed by atoms with Crippen LogP contribution in [-0.2, 0) is 4.79 Å². The topological polar surface area (TPSA) is 121 Å². The van der Waals surface area contributed by atoms with Gasteiger partial charge in [-0.05, 0) is 24.1 Å². The van der Waals surface area contributed by atoms with Gasteiger partial charge in [-0.2, -0.15) is 10.1 Å². The molecule has 1 aromatic carbocycles. The number of hydrazone groups is 1. The maximum Gasteiger partial charge on any atom is 0.240 e. The number of rotatable bonds is 10. The van der Waals surface area contributed by atoms with Gasteiger partial charge in [0.2, 0.25) is 22.1 Å². The van der Waals surface area contributed by atoms with Crippen LogP contribution in [0.25, 0.3) is 0 Å². The van der Waals surface area contributed by atoms with Crippen molar-refractivity contribution in [2.24, 2.45) is 5.10 Å². The number of benzene rings is 1. The normalized spacial score (nSPS) is 11.1. The van der Waals surface area contributed by atoms with E-state index in [9.17, 15) is 4.79 Å². The molecule has 1 amide bonds. The van der Waals surface area contributed by atoms with Gasteiger partial charge in [0.1, 0.15) is 0 Å². The van der Waals surface area contributed by atoms with E-state index in [2.05, 4.69) is 48.1 Å². The van der Waals surface area contributed by atoms with Gasteiger partial charge in [-0.15, -0.1) is 15.3 Å². The summed E-state index contributed by atoms with van der Waals surface area (Å²) in [6.07, 6.45) is 2.69. The van der Waals surface area contributed by atoms with Crippen molar-refractivity contribution in [3.63, 3.8) is 0 Å². The second-order valence-electron chi connectivity index (χ2n) is 5.45. The minimum absolute atomic E-state index is 0.155. The minimum Gasteiger partial charge on any atom is -0.300 e. The Hall–Kier alpha value is -2.15. The van der Waals surface area contributed by atoms with Crippen molar-refractivity contribution in [2.45, 2.75) is 22.8 Å². The van der Waals surface area contributed by atoms with Crippen molar-refractivity contribution in [3.8, 4) is 0 Å². The van der Waals surface area contributed by atoms with Crippen molar-refractivity contribution >= 4 is 69.7 Å². The van der Waals surface area contributed by atoms with Crippen molar-refractivity contribution in [2.75, 3.05) is 22.2 Å². The average molecular weight is 469 g/mol. The molecule has 0 aliphatic rings. The second-order valence-corrected chi connectivity index (χ2v) is 9.15. The molecule has 0 unspecified atom stereocenters. The highest BCUT2D eigenvalue weighted by Crippen LogP contribution is 2.26. The fourth-order valence-corrected chi connectivity index (χ4v) is 4.29. The average Bonchev–Trinajstić information content (AvgIpc) is 3.36. The summed E-state index contributed by atoms with van der Waals surface area (Å²) in [6, 6.07) is 7.25. The van der Waals surface area contributed by atoms with Gasteiger partial charge in [-0.1, -0.05) is 65.5 Å². The van der Waals surface area contributed by atoms with Crippen molar-refractivity contribution in [1.82, 2.24) is 25.4 Å². The second kappa shape index (κ2) is 11.1. The Morgan fingerprint density at radius 1 is 1.31 bits per heavy atom. The van der Waals surface area contributed by atoms with Crippen LogP contribution in [0, 0.1) is 0 Å². The summed E-state index contributed by atoms with van der Waals surface area (Å²) in [5.74, 6) is 1.31. The summed E-state index contributed by atoms with van der Waals surface area (Å²) in [7, 11) is 0. The maximum atomic E-state index is 12.1. The first-order chi connectivity index (χ1) is 14.1. The number of nitrogens with one attached hydrogen (secondary N) is 3. The van der Waals surface area contributed by atoms with Crippen LogP contribution in [0.2, 0.25) is 5.02 Å². The number of hydrogen-bond donors (Lipinski definition) is 3. The first kappa shape index (κ1) is 21.6. The molecule has 0 aliphatic heterocycles. The lowest BCUT2D eigenvalue weighted by Crippen LogP contribution is -2.13. The first-order valence-corrected chi connectivity index (χ1v) is 11.6. The predicted octanol–water partition coefficient (Wildman–Crippen LogP) is 3.99. The number of aromatic nitrogens is 5. The van der Waals surface area contributed by atoms with Gasteiger partial charge in [-0.25, -0.2) is 10.5 Å². The molecular formula is C16H17ClN8OS3. The lowest BCUT2D eigenvalue weighted by atomic mass is 10.2. The number of hydrogen-bond acceptors (Lipinski definition) is 10. The third-order valence-electron chi connectivity index (χ3n) is 3.13. The van der Waals surface area contributed by atoms with Crippen LogP contribution in [0.3, 0.4) is 0 Å². The summed E-state index contributed by atoms with van der Waals surface area (Å²) in [5, 5.41) is 23.1. The molecule has 9 nitrogen and oxygen atoms in total. The van der Waals surface area contributed by atoms with Crippen LogP contribution >= 0.6 is 46.5 Å². The Morgan fingerprint density at radius 2 is 2.14 bits per heavy atom. The smallest absolute Gasteiger partial charge is 0.240 e. The molecule has 0 atom stereocenters. The number of anilines is 2. The molecule has 2 heterocycles. The molecule has 0 fully saturated rings. The molecule has 3 N–H and O–H groups in total. The summed E-state index contributed by atoms with van der Waals surface area (Å²) in [4.78, 5) is 16.3. The van der Waals surface area contributed by atoms with Crippen LogP contribution in [-0.4, -0.2) is 49.0 Å². The quantitative estimate of drug-likeness (QED) is 0.177. The van der Waals surface area contributed by atoms with E-state index in [1.165, 1.54) is 23.1 Å². The fraction of sp³-hybridized carbons (Fsp3) is 0.250. The van der Waals surface area contributed by atoms with Crippen LogP contribution in [0.4, 0.5) is 11.1 Å². The van der Waals surface area contributed by atoms with Gasteiger partial charge in [0.25, 0.3) is 0 Å². The van der Waals surface area contributed by atoms with E-state index in [0.29, 0.717) is 21.3 Å². The number of carbonyl (C=O) groups excluding carboxylic acids is 1. The monoisotopic (exact) mass is 468 g/mol. The fourth-order valence-electron chi connectivity index (χ4n) is 1.87. The molecule has 13 heteroatoms. The van der Waals surface area contributed by atoms with Crippen molar-refractivity contribution in [1.29, 1.82) is 0 Å².